The van der Waals surface area contributed by atoms with Gasteiger partial charge in [0.25, 0.3) is 0 Å². The van der Waals surface area contributed by atoms with Crippen molar-refractivity contribution in [2.45, 2.75) is 25.9 Å². The maximum Gasteiger partial charge on any atom is 0.409 e. The van der Waals surface area contributed by atoms with Crippen molar-refractivity contribution in [1.29, 1.82) is 0 Å². The molecule has 0 aliphatic heterocycles. The third-order valence-electron chi connectivity index (χ3n) is 2.07. The van der Waals surface area contributed by atoms with Gasteiger partial charge >= 0.3 is 6.18 Å². The van der Waals surface area contributed by atoms with Gasteiger partial charge in [0.05, 0.1) is 12.8 Å². The number of methoxy groups -OCH3 is 1. The Morgan fingerprint density at radius 1 is 1.29 bits per heavy atom. The molecular weight excluding hydrogens is 233 g/mol. The van der Waals surface area contributed by atoms with Crippen LogP contribution < -0.4 is 4.74 Å². The number of alkyl halides is 3. The van der Waals surface area contributed by atoms with Crippen molar-refractivity contribution in [2.24, 2.45) is 0 Å². The molecule has 0 saturated heterocycles. The van der Waals surface area contributed by atoms with Crippen LogP contribution in [0.4, 0.5) is 13.2 Å². The molecule has 1 heterocycles. The lowest BCUT2D eigenvalue weighted by molar-refractivity contribution is -0.0790. The third-order valence-corrected chi connectivity index (χ3v) is 2.07. The summed E-state index contributed by atoms with van der Waals surface area (Å²) in [6, 6.07) is 1.54. The molecule has 1 rings (SSSR count). The van der Waals surface area contributed by atoms with E-state index in [2.05, 4.69) is 10.2 Å². The Bertz CT molecular complexity index is 414. The summed E-state index contributed by atoms with van der Waals surface area (Å²) in [5.41, 5.74) is 0.885. The largest absolute Gasteiger partial charge is 0.480 e. The lowest BCUT2D eigenvalue weighted by atomic mass is 10.0. The molecule has 0 bridgehead atoms. The van der Waals surface area contributed by atoms with E-state index in [0.717, 1.165) is 11.6 Å². The fourth-order valence-electron chi connectivity index (χ4n) is 1.24. The van der Waals surface area contributed by atoms with Crippen LogP contribution in [-0.2, 0) is 0 Å². The Balaban J connectivity index is 3.05. The minimum absolute atomic E-state index is 0.0958. The minimum Gasteiger partial charge on any atom is -0.480 e. The van der Waals surface area contributed by atoms with E-state index in [0.29, 0.717) is 5.88 Å². The molecule has 0 N–H and O–H groups in total. The summed E-state index contributed by atoms with van der Waals surface area (Å²) >= 11 is 0. The summed E-state index contributed by atoms with van der Waals surface area (Å²) in [6.07, 6.45) is -3.33. The fourth-order valence-corrected chi connectivity index (χ4v) is 1.24. The van der Waals surface area contributed by atoms with Crippen LogP contribution in [0.15, 0.2) is 12.1 Å². The average Bonchev–Trinajstić information content (AvgIpc) is 2.25. The molecule has 1 aromatic heterocycles. The molecule has 0 fully saturated rings. The van der Waals surface area contributed by atoms with Crippen molar-refractivity contribution in [3.63, 3.8) is 0 Å². The number of hydrogen-bond acceptors (Lipinski definition) is 3. The number of halogens is 3. The van der Waals surface area contributed by atoms with Crippen molar-refractivity contribution < 1.29 is 17.9 Å². The van der Waals surface area contributed by atoms with Gasteiger partial charge in [0.15, 0.2) is 0 Å². The van der Waals surface area contributed by atoms with Gasteiger partial charge in [-0.2, -0.15) is 13.2 Å². The summed E-state index contributed by atoms with van der Waals surface area (Å²) in [4.78, 5) is 0. The zero-order valence-corrected chi connectivity index (χ0v) is 9.75. The highest BCUT2D eigenvalue weighted by molar-refractivity contribution is 5.47. The van der Waals surface area contributed by atoms with Crippen LogP contribution in [0.5, 0.6) is 5.88 Å². The Morgan fingerprint density at radius 3 is 2.41 bits per heavy atom. The van der Waals surface area contributed by atoms with E-state index in [1.807, 2.05) is 13.8 Å². The smallest absolute Gasteiger partial charge is 0.409 e. The molecule has 0 saturated carbocycles. The first-order valence-corrected chi connectivity index (χ1v) is 5.01. The molecule has 0 aliphatic carbocycles. The lowest BCUT2D eigenvalue weighted by Crippen LogP contribution is -2.03. The molecule has 0 amide bonds. The maximum absolute atomic E-state index is 12.0. The topological polar surface area (TPSA) is 35.0 Å². The molecule has 0 radical (unpaired) electrons. The Morgan fingerprint density at radius 2 is 1.94 bits per heavy atom. The van der Waals surface area contributed by atoms with Crippen LogP contribution in [0.2, 0.25) is 0 Å². The molecule has 0 aliphatic rings. The molecule has 0 atom stereocenters. The summed E-state index contributed by atoms with van der Waals surface area (Å²) < 4.78 is 40.9. The number of rotatable bonds is 3. The monoisotopic (exact) mass is 246 g/mol. The van der Waals surface area contributed by atoms with Gasteiger partial charge in [-0.1, -0.05) is 13.8 Å². The van der Waals surface area contributed by atoms with Gasteiger partial charge in [-0.25, -0.2) is 0 Å². The molecule has 3 nitrogen and oxygen atoms in total. The molecule has 1 aromatic rings. The summed E-state index contributed by atoms with van der Waals surface area (Å²) in [7, 11) is 1.45. The van der Waals surface area contributed by atoms with Crippen molar-refractivity contribution in [3.05, 3.63) is 23.4 Å². The van der Waals surface area contributed by atoms with E-state index in [1.54, 1.807) is 6.07 Å². The highest BCUT2D eigenvalue weighted by Gasteiger charge is 2.22. The van der Waals surface area contributed by atoms with Gasteiger partial charge in [0, 0.05) is 11.6 Å². The lowest BCUT2D eigenvalue weighted by Gasteiger charge is -2.10. The standard InChI is InChI=1S/C11H13F3N2O/c1-7(2)9-6-8(4-5-11(12,13)14)15-16-10(9)17-3/h4-7H,1-3H3/b5-4+. The Labute approximate surface area is 97.3 Å². The van der Waals surface area contributed by atoms with Gasteiger partial charge in [0.1, 0.15) is 0 Å². The Kier molecular flexibility index (Phi) is 4.09. The molecular formula is C11H13F3N2O. The minimum atomic E-state index is -4.35. The van der Waals surface area contributed by atoms with Crippen LogP contribution >= 0.6 is 0 Å². The Hall–Kier alpha value is -1.59. The van der Waals surface area contributed by atoms with E-state index < -0.39 is 6.18 Å². The van der Waals surface area contributed by atoms with Crippen LogP contribution in [0, 0.1) is 0 Å². The number of nitrogens with zero attached hydrogens (tertiary/aromatic N) is 2. The molecule has 0 unspecified atom stereocenters. The average molecular weight is 246 g/mol. The molecule has 6 heteroatoms. The van der Waals surface area contributed by atoms with Crippen molar-refractivity contribution in [1.82, 2.24) is 10.2 Å². The second-order valence-corrected chi connectivity index (χ2v) is 3.76. The SMILES string of the molecule is COc1nnc(/C=C/C(F)(F)F)cc1C(C)C. The normalized spacial score (nSPS) is 12.4. The van der Waals surface area contributed by atoms with Gasteiger partial charge < -0.3 is 4.74 Å². The highest BCUT2D eigenvalue weighted by Crippen LogP contribution is 2.25. The van der Waals surface area contributed by atoms with E-state index >= 15 is 0 Å². The quantitative estimate of drug-likeness (QED) is 0.821. The first-order chi connectivity index (χ1) is 7.83. The van der Waals surface area contributed by atoms with E-state index in [-0.39, 0.29) is 17.7 Å². The van der Waals surface area contributed by atoms with Gasteiger partial charge in [0.2, 0.25) is 5.88 Å². The molecule has 0 aromatic carbocycles. The zero-order chi connectivity index (χ0) is 13.1. The summed E-state index contributed by atoms with van der Waals surface area (Å²) in [5.74, 6) is 0.433. The third kappa shape index (κ3) is 4.05. The highest BCUT2D eigenvalue weighted by atomic mass is 19.4. The van der Waals surface area contributed by atoms with Gasteiger partial charge in [-0.15, -0.1) is 10.2 Å². The predicted octanol–water partition coefficient (Wildman–Crippen LogP) is 3.18. The van der Waals surface area contributed by atoms with Crippen LogP contribution in [0.3, 0.4) is 0 Å². The van der Waals surface area contributed by atoms with Crippen molar-refractivity contribution in [3.8, 4) is 5.88 Å². The first-order valence-electron chi connectivity index (χ1n) is 5.01. The number of allylic oxidation sites excluding steroid dienone is 1. The number of aromatic nitrogens is 2. The zero-order valence-electron chi connectivity index (χ0n) is 9.75. The van der Waals surface area contributed by atoms with E-state index in [9.17, 15) is 13.2 Å². The molecule has 0 spiro atoms. The van der Waals surface area contributed by atoms with E-state index in [4.69, 9.17) is 4.74 Å². The fraction of sp³-hybridized carbons (Fsp3) is 0.455. The van der Waals surface area contributed by atoms with Crippen molar-refractivity contribution >= 4 is 6.08 Å². The first kappa shape index (κ1) is 13.5. The summed E-state index contributed by atoms with van der Waals surface area (Å²) in [6.45, 7) is 3.80. The second-order valence-electron chi connectivity index (χ2n) is 3.76. The molecule has 17 heavy (non-hydrogen) atoms. The summed E-state index contributed by atoms with van der Waals surface area (Å²) in [5, 5.41) is 7.36. The predicted molar refractivity (Wildman–Crippen MR) is 57.8 cm³/mol. The van der Waals surface area contributed by atoms with Crippen LogP contribution in [0.1, 0.15) is 31.0 Å². The van der Waals surface area contributed by atoms with E-state index in [1.165, 1.54) is 7.11 Å². The van der Waals surface area contributed by atoms with Crippen LogP contribution in [0.25, 0.3) is 6.08 Å². The number of hydrogen-bond donors (Lipinski definition) is 0. The van der Waals surface area contributed by atoms with Crippen molar-refractivity contribution in [2.75, 3.05) is 7.11 Å². The van der Waals surface area contributed by atoms with Crippen LogP contribution in [-0.4, -0.2) is 23.5 Å². The maximum atomic E-state index is 12.0. The molecule has 94 valence electrons. The van der Waals surface area contributed by atoms with Gasteiger partial charge in [-0.05, 0) is 18.1 Å². The van der Waals surface area contributed by atoms with Gasteiger partial charge in [-0.3, -0.25) is 0 Å². The number of ether oxygens (including phenoxy) is 1. The second kappa shape index (κ2) is 5.16.